The van der Waals surface area contributed by atoms with Crippen LogP contribution in [0.2, 0.25) is 0 Å². The Kier molecular flexibility index (Phi) is 6.41. The first-order valence-corrected chi connectivity index (χ1v) is 9.52. The van der Waals surface area contributed by atoms with E-state index >= 15 is 0 Å². The Hall–Kier alpha value is -2.73. The van der Waals surface area contributed by atoms with E-state index in [2.05, 4.69) is 19.2 Å². The van der Waals surface area contributed by atoms with Crippen LogP contribution in [0.25, 0.3) is 0 Å². The number of amides is 1. The Morgan fingerprint density at radius 3 is 2.36 bits per heavy atom. The molecular weight excluding hydrogens is 356 g/mol. The maximum Gasteiger partial charge on any atom is 0.254 e. The lowest BCUT2D eigenvalue weighted by Gasteiger charge is -2.38. The second-order valence-electron chi connectivity index (χ2n) is 6.97. The topological polar surface area (TPSA) is 60.0 Å². The van der Waals surface area contributed by atoms with Crippen molar-refractivity contribution < 1.29 is 19.0 Å². The molecule has 1 heterocycles. The summed E-state index contributed by atoms with van der Waals surface area (Å²) in [6.07, 6.45) is 0. The number of hydrogen-bond acceptors (Lipinski definition) is 5. The standard InChI is InChI=1S/C22H28N2O4/c1-15-16(2)24(11-10-23-15)22(25)18-12-19(26-3)21(20(13-18)27-4)28-14-17-8-6-5-7-9-17/h5-9,12-13,15-16,23H,10-11,14H2,1-4H3. The highest BCUT2D eigenvalue weighted by atomic mass is 16.5. The zero-order chi connectivity index (χ0) is 20.1. The molecule has 2 aromatic rings. The van der Waals surface area contributed by atoms with Gasteiger partial charge < -0.3 is 24.4 Å². The Balaban J connectivity index is 1.86. The largest absolute Gasteiger partial charge is 0.493 e. The zero-order valence-electron chi connectivity index (χ0n) is 16.9. The van der Waals surface area contributed by atoms with E-state index in [0.29, 0.717) is 36.0 Å². The average Bonchev–Trinajstić information content (AvgIpc) is 2.73. The van der Waals surface area contributed by atoms with Crippen LogP contribution in [-0.4, -0.2) is 50.2 Å². The summed E-state index contributed by atoms with van der Waals surface area (Å²) in [5, 5.41) is 3.39. The molecule has 1 N–H and O–H groups in total. The summed E-state index contributed by atoms with van der Waals surface area (Å²) < 4.78 is 17.0. The molecule has 2 atom stereocenters. The van der Waals surface area contributed by atoms with Gasteiger partial charge in [-0.15, -0.1) is 0 Å². The normalized spacial score (nSPS) is 19.2. The summed E-state index contributed by atoms with van der Waals surface area (Å²) in [5.74, 6) is 1.42. The van der Waals surface area contributed by atoms with Crippen LogP contribution in [-0.2, 0) is 6.61 Å². The molecule has 6 nitrogen and oxygen atoms in total. The van der Waals surface area contributed by atoms with Crippen LogP contribution in [0, 0.1) is 0 Å². The van der Waals surface area contributed by atoms with E-state index in [-0.39, 0.29) is 18.0 Å². The molecule has 1 aliphatic heterocycles. The highest BCUT2D eigenvalue weighted by molar-refractivity contribution is 5.96. The number of ether oxygens (including phenoxy) is 3. The van der Waals surface area contributed by atoms with Crippen LogP contribution in [0.1, 0.15) is 29.8 Å². The number of methoxy groups -OCH3 is 2. The van der Waals surface area contributed by atoms with Crippen LogP contribution in [0.4, 0.5) is 0 Å². The van der Waals surface area contributed by atoms with Gasteiger partial charge in [-0.05, 0) is 31.5 Å². The molecule has 1 amide bonds. The van der Waals surface area contributed by atoms with E-state index in [1.807, 2.05) is 35.2 Å². The molecule has 2 unspecified atom stereocenters. The highest BCUT2D eigenvalue weighted by Gasteiger charge is 2.30. The molecule has 2 aromatic carbocycles. The first kappa shape index (κ1) is 20.0. The zero-order valence-corrected chi connectivity index (χ0v) is 16.9. The number of nitrogens with one attached hydrogen (secondary N) is 1. The number of rotatable bonds is 6. The first-order valence-electron chi connectivity index (χ1n) is 9.52. The van der Waals surface area contributed by atoms with E-state index in [1.165, 1.54) is 0 Å². The summed E-state index contributed by atoms with van der Waals surface area (Å²) in [7, 11) is 3.13. The third-order valence-electron chi connectivity index (χ3n) is 5.23. The molecule has 0 radical (unpaired) electrons. The Labute approximate surface area is 166 Å². The fourth-order valence-corrected chi connectivity index (χ4v) is 3.38. The minimum atomic E-state index is -0.0351. The quantitative estimate of drug-likeness (QED) is 0.829. The molecule has 28 heavy (non-hydrogen) atoms. The maximum absolute atomic E-state index is 13.1. The van der Waals surface area contributed by atoms with Crippen molar-refractivity contribution in [3.05, 3.63) is 53.6 Å². The number of nitrogens with zero attached hydrogens (tertiary/aromatic N) is 1. The van der Waals surface area contributed by atoms with Crippen molar-refractivity contribution in [2.75, 3.05) is 27.3 Å². The highest BCUT2D eigenvalue weighted by Crippen LogP contribution is 2.39. The van der Waals surface area contributed by atoms with Gasteiger partial charge in [0.25, 0.3) is 5.91 Å². The average molecular weight is 384 g/mol. The van der Waals surface area contributed by atoms with Gasteiger partial charge in [0, 0.05) is 30.7 Å². The summed E-state index contributed by atoms with van der Waals surface area (Å²) in [5.41, 5.74) is 1.57. The minimum Gasteiger partial charge on any atom is -0.493 e. The van der Waals surface area contributed by atoms with Crippen LogP contribution in [0.5, 0.6) is 17.2 Å². The lowest BCUT2D eigenvalue weighted by atomic mass is 10.0. The molecule has 0 aromatic heterocycles. The number of piperazine rings is 1. The fraction of sp³-hybridized carbons (Fsp3) is 0.409. The van der Waals surface area contributed by atoms with Crippen molar-refractivity contribution in [1.29, 1.82) is 0 Å². The summed E-state index contributed by atoms with van der Waals surface area (Å²) in [6, 6.07) is 13.7. The monoisotopic (exact) mass is 384 g/mol. The van der Waals surface area contributed by atoms with Crippen molar-refractivity contribution in [3.63, 3.8) is 0 Å². The first-order chi connectivity index (χ1) is 13.5. The van der Waals surface area contributed by atoms with Crippen molar-refractivity contribution in [2.45, 2.75) is 32.5 Å². The predicted octanol–water partition coefficient (Wildman–Crippen LogP) is 3.11. The molecule has 0 aliphatic carbocycles. The van der Waals surface area contributed by atoms with E-state index in [0.717, 1.165) is 12.1 Å². The van der Waals surface area contributed by atoms with Crippen LogP contribution in [0.15, 0.2) is 42.5 Å². The molecule has 1 saturated heterocycles. The smallest absolute Gasteiger partial charge is 0.254 e. The molecule has 6 heteroatoms. The molecule has 0 saturated carbocycles. The third-order valence-corrected chi connectivity index (χ3v) is 5.23. The van der Waals surface area contributed by atoms with Gasteiger partial charge in [0.1, 0.15) is 6.61 Å². The van der Waals surface area contributed by atoms with Crippen LogP contribution >= 0.6 is 0 Å². The van der Waals surface area contributed by atoms with Gasteiger partial charge >= 0.3 is 0 Å². The molecular formula is C22H28N2O4. The van der Waals surface area contributed by atoms with E-state index in [9.17, 15) is 4.79 Å². The van der Waals surface area contributed by atoms with Crippen LogP contribution < -0.4 is 19.5 Å². The summed E-state index contributed by atoms with van der Waals surface area (Å²) >= 11 is 0. The van der Waals surface area contributed by atoms with Crippen molar-refractivity contribution in [2.24, 2.45) is 0 Å². The molecule has 3 rings (SSSR count). The second-order valence-corrected chi connectivity index (χ2v) is 6.97. The predicted molar refractivity (Wildman–Crippen MR) is 108 cm³/mol. The van der Waals surface area contributed by atoms with Gasteiger partial charge in [-0.2, -0.15) is 0 Å². The van der Waals surface area contributed by atoms with E-state index in [4.69, 9.17) is 14.2 Å². The Morgan fingerprint density at radius 1 is 1.11 bits per heavy atom. The Bertz CT molecular complexity index is 784. The molecule has 1 fully saturated rings. The second kappa shape index (κ2) is 8.97. The summed E-state index contributed by atoms with van der Waals surface area (Å²) in [4.78, 5) is 15.0. The number of carbonyl (C=O) groups is 1. The molecule has 1 aliphatic rings. The number of hydrogen-bond donors (Lipinski definition) is 1. The molecule has 150 valence electrons. The van der Waals surface area contributed by atoms with Gasteiger partial charge in [0.15, 0.2) is 11.5 Å². The molecule has 0 spiro atoms. The lowest BCUT2D eigenvalue weighted by molar-refractivity contribution is 0.0602. The SMILES string of the molecule is COc1cc(C(=O)N2CCNC(C)C2C)cc(OC)c1OCc1ccccc1. The Morgan fingerprint density at radius 2 is 1.75 bits per heavy atom. The number of benzene rings is 2. The number of carbonyl (C=O) groups excluding carboxylic acids is 1. The van der Waals surface area contributed by atoms with Crippen molar-refractivity contribution in [1.82, 2.24) is 10.2 Å². The van der Waals surface area contributed by atoms with Gasteiger partial charge in [-0.25, -0.2) is 0 Å². The summed E-state index contributed by atoms with van der Waals surface area (Å²) in [6.45, 7) is 5.98. The van der Waals surface area contributed by atoms with E-state index < -0.39 is 0 Å². The fourth-order valence-electron chi connectivity index (χ4n) is 3.38. The van der Waals surface area contributed by atoms with E-state index in [1.54, 1.807) is 26.4 Å². The van der Waals surface area contributed by atoms with Crippen LogP contribution in [0.3, 0.4) is 0 Å². The van der Waals surface area contributed by atoms with Gasteiger partial charge in [-0.1, -0.05) is 30.3 Å². The van der Waals surface area contributed by atoms with Crippen molar-refractivity contribution >= 4 is 5.91 Å². The van der Waals surface area contributed by atoms with Gasteiger partial charge in [0.2, 0.25) is 5.75 Å². The lowest BCUT2D eigenvalue weighted by Crippen LogP contribution is -2.57. The maximum atomic E-state index is 13.1. The third kappa shape index (κ3) is 4.22. The van der Waals surface area contributed by atoms with Gasteiger partial charge in [-0.3, -0.25) is 4.79 Å². The van der Waals surface area contributed by atoms with Crippen molar-refractivity contribution in [3.8, 4) is 17.2 Å². The van der Waals surface area contributed by atoms with Gasteiger partial charge in [0.05, 0.1) is 14.2 Å². The minimum absolute atomic E-state index is 0.0351. The molecule has 0 bridgehead atoms.